The van der Waals surface area contributed by atoms with Crippen molar-refractivity contribution in [2.45, 2.75) is 0 Å². The van der Waals surface area contributed by atoms with E-state index in [0.29, 0.717) is 10.2 Å². The summed E-state index contributed by atoms with van der Waals surface area (Å²) in [5, 5.41) is 2.84. The average molecular weight is 330 g/mol. The van der Waals surface area contributed by atoms with Crippen LogP contribution in [0.1, 0.15) is 10.4 Å². The van der Waals surface area contributed by atoms with Gasteiger partial charge in [-0.1, -0.05) is 11.6 Å². The summed E-state index contributed by atoms with van der Waals surface area (Å²) >= 11 is 9.09. The lowest BCUT2D eigenvalue weighted by Gasteiger charge is -2.08. The van der Waals surface area contributed by atoms with Gasteiger partial charge in [0.1, 0.15) is 5.82 Å². The van der Waals surface area contributed by atoms with Gasteiger partial charge in [-0.15, -0.1) is 0 Å². The molecule has 1 aromatic heterocycles. The van der Waals surface area contributed by atoms with E-state index < -0.39 is 11.7 Å². The number of halogens is 3. The van der Waals surface area contributed by atoms with Crippen LogP contribution in [0.4, 0.5) is 10.1 Å². The number of nitrogens with one attached hydrogen (secondary N) is 1. The van der Waals surface area contributed by atoms with Gasteiger partial charge in [-0.05, 0) is 40.2 Å². The van der Waals surface area contributed by atoms with Crippen LogP contribution < -0.4 is 5.32 Å². The lowest BCUT2D eigenvalue weighted by Crippen LogP contribution is -2.13. The van der Waals surface area contributed by atoms with Gasteiger partial charge < -0.3 is 5.32 Å². The Morgan fingerprint density at radius 2 is 2.17 bits per heavy atom. The summed E-state index contributed by atoms with van der Waals surface area (Å²) in [4.78, 5) is 15.7. The molecule has 6 heteroatoms. The summed E-state index contributed by atoms with van der Waals surface area (Å²) in [6.45, 7) is 0. The molecule has 0 atom stereocenters. The molecule has 0 saturated carbocycles. The lowest BCUT2D eigenvalue weighted by molar-refractivity contribution is 0.102. The number of aromatic nitrogens is 1. The second kappa shape index (κ2) is 5.46. The summed E-state index contributed by atoms with van der Waals surface area (Å²) in [5.74, 6) is -0.884. The number of amides is 1. The Labute approximate surface area is 116 Å². The predicted octanol–water partition coefficient (Wildman–Crippen LogP) is 3.89. The van der Waals surface area contributed by atoms with Crippen molar-refractivity contribution < 1.29 is 9.18 Å². The van der Waals surface area contributed by atoms with Crippen molar-refractivity contribution in [1.82, 2.24) is 4.98 Å². The van der Waals surface area contributed by atoms with E-state index in [2.05, 4.69) is 26.2 Å². The summed E-state index contributed by atoms with van der Waals surface area (Å²) in [5.41, 5.74) is 0.565. The number of nitrogens with zero attached hydrogens (tertiary/aromatic N) is 1. The third-order valence-electron chi connectivity index (χ3n) is 2.19. The fourth-order valence-electron chi connectivity index (χ4n) is 1.33. The molecule has 0 saturated heterocycles. The first-order valence-corrected chi connectivity index (χ1v) is 6.11. The molecule has 1 N–H and O–H groups in total. The van der Waals surface area contributed by atoms with Crippen LogP contribution in [0.2, 0.25) is 5.02 Å². The fourth-order valence-corrected chi connectivity index (χ4v) is 1.86. The smallest absolute Gasteiger partial charge is 0.258 e. The van der Waals surface area contributed by atoms with Crippen LogP contribution in [0.5, 0.6) is 0 Å². The molecule has 0 aliphatic rings. The van der Waals surface area contributed by atoms with E-state index in [1.807, 2.05) is 0 Å². The zero-order valence-corrected chi connectivity index (χ0v) is 11.3. The molecular formula is C12H7BrClFN2O. The lowest BCUT2D eigenvalue weighted by atomic mass is 10.2. The molecule has 0 fully saturated rings. The van der Waals surface area contributed by atoms with Crippen LogP contribution in [0.3, 0.4) is 0 Å². The molecule has 18 heavy (non-hydrogen) atoms. The van der Waals surface area contributed by atoms with Gasteiger partial charge in [0.15, 0.2) is 0 Å². The number of hydrogen-bond acceptors (Lipinski definition) is 2. The number of anilines is 1. The van der Waals surface area contributed by atoms with Crippen molar-refractivity contribution in [3.05, 3.63) is 57.5 Å². The highest BCUT2D eigenvalue weighted by atomic mass is 79.9. The Hall–Kier alpha value is -1.46. The first-order chi connectivity index (χ1) is 8.58. The van der Waals surface area contributed by atoms with Gasteiger partial charge in [0.25, 0.3) is 5.91 Å². The van der Waals surface area contributed by atoms with Crippen LogP contribution in [0.25, 0.3) is 0 Å². The van der Waals surface area contributed by atoms with Gasteiger partial charge in [0.2, 0.25) is 0 Å². The Balaban J connectivity index is 2.27. The molecule has 1 amide bonds. The highest BCUT2D eigenvalue weighted by Gasteiger charge is 2.12. The molecule has 2 rings (SSSR count). The second-order valence-electron chi connectivity index (χ2n) is 3.43. The number of carbonyl (C=O) groups excluding carboxylic acids is 1. The zero-order valence-electron chi connectivity index (χ0n) is 8.95. The maximum Gasteiger partial charge on any atom is 0.258 e. The third-order valence-corrected chi connectivity index (χ3v) is 3.21. The molecular weight excluding hydrogens is 322 g/mol. The number of rotatable bonds is 2. The van der Waals surface area contributed by atoms with Gasteiger partial charge in [-0.3, -0.25) is 9.78 Å². The minimum atomic E-state index is -0.445. The van der Waals surface area contributed by atoms with E-state index in [1.165, 1.54) is 36.7 Å². The molecule has 3 nitrogen and oxygen atoms in total. The Kier molecular flexibility index (Phi) is 3.93. The Morgan fingerprint density at radius 3 is 2.89 bits per heavy atom. The Bertz CT molecular complexity index is 606. The van der Waals surface area contributed by atoms with Crippen LogP contribution in [0, 0.1) is 5.82 Å². The van der Waals surface area contributed by atoms with E-state index in [9.17, 15) is 9.18 Å². The summed E-state index contributed by atoms with van der Waals surface area (Å²) in [6, 6.07) is 5.52. The first-order valence-electron chi connectivity index (χ1n) is 4.94. The van der Waals surface area contributed by atoms with Crippen molar-refractivity contribution in [3.63, 3.8) is 0 Å². The number of benzene rings is 1. The Morgan fingerprint density at radius 1 is 1.39 bits per heavy atom. The van der Waals surface area contributed by atoms with E-state index in [0.717, 1.165) is 0 Å². The average Bonchev–Trinajstić information content (AvgIpc) is 2.34. The van der Waals surface area contributed by atoms with Crippen molar-refractivity contribution in [3.8, 4) is 0 Å². The van der Waals surface area contributed by atoms with Crippen molar-refractivity contribution in [2.75, 3.05) is 5.32 Å². The SMILES string of the molecule is O=C(Nc1cc(F)ccc1Br)c1cnccc1Cl. The molecule has 0 spiro atoms. The number of hydrogen-bond donors (Lipinski definition) is 1. The quantitative estimate of drug-likeness (QED) is 0.908. The third kappa shape index (κ3) is 2.86. The number of carbonyl (C=O) groups is 1. The van der Waals surface area contributed by atoms with E-state index in [1.54, 1.807) is 0 Å². The molecule has 0 radical (unpaired) electrons. The van der Waals surface area contributed by atoms with Gasteiger partial charge in [0, 0.05) is 16.9 Å². The molecule has 2 aromatic rings. The first kappa shape index (κ1) is 13.0. The number of pyridine rings is 1. The van der Waals surface area contributed by atoms with E-state index in [4.69, 9.17) is 11.6 Å². The van der Waals surface area contributed by atoms with Crippen LogP contribution in [-0.4, -0.2) is 10.9 Å². The maximum absolute atomic E-state index is 13.1. The largest absolute Gasteiger partial charge is 0.321 e. The molecule has 0 bridgehead atoms. The molecule has 92 valence electrons. The molecule has 0 aliphatic carbocycles. The molecule has 1 heterocycles. The summed E-state index contributed by atoms with van der Waals surface area (Å²) in [6.07, 6.45) is 2.84. The molecule has 0 aliphatic heterocycles. The van der Waals surface area contributed by atoms with Gasteiger partial charge >= 0.3 is 0 Å². The van der Waals surface area contributed by atoms with Crippen LogP contribution >= 0.6 is 27.5 Å². The topological polar surface area (TPSA) is 42.0 Å². The van der Waals surface area contributed by atoms with Gasteiger partial charge in [-0.25, -0.2) is 4.39 Å². The normalized spacial score (nSPS) is 10.2. The van der Waals surface area contributed by atoms with Crippen molar-refractivity contribution >= 4 is 39.1 Å². The second-order valence-corrected chi connectivity index (χ2v) is 4.70. The van der Waals surface area contributed by atoms with Gasteiger partial charge in [-0.2, -0.15) is 0 Å². The van der Waals surface area contributed by atoms with Crippen molar-refractivity contribution in [1.29, 1.82) is 0 Å². The molecule has 1 aromatic carbocycles. The highest BCUT2D eigenvalue weighted by Crippen LogP contribution is 2.24. The van der Waals surface area contributed by atoms with E-state index in [-0.39, 0.29) is 10.6 Å². The summed E-state index contributed by atoms with van der Waals surface area (Å²) < 4.78 is 13.6. The molecule has 0 unspecified atom stereocenters. The maximum atomic E-state index is 13.1. The van der Waals surface area contributed by atoms with Crippen LogP contribution in [0.15, 0.2) is 41.1 Å². The monoisotopic (exact) mass is 328 g/mol. The van der Waals surface area contributed by atoms with Gasteiger partial charge in [0.05, 0.1) is 16.3 Å². The minimum Gasteiger partial charge on any atom is -0.321 e. The standard InChI is InChI=1S/C12H7BrClFN2O/c13-9-2-1-7(15)5-11(9)17-12(18)8-6-16-4-3-10(8)14/h1-6H,(H,17,18). The van der Waals surface area contributed by atoms with Crippen LogP contribution in [-0.2, 0) is 0 Å². The fraction of sp³-hybridized carbons (Fsp3) is 0. The van der Waals surface area contributed by atoms with E-state index >= 15 is 0 Å². The summed E-state index contributed by atoms with van der Waals surface area (Å²) in [7, 11) is 0. The van der Waals surface area contributed by atoms with Crippen molar-refractivity contribution in [2.24, 2.45) is 0 Å². The highest BCUT2D eigenvalue weighted by molar-refractivity contribution is 9.10. The zero-order chi connectivity index (χ0) is 13.1. The predicted molar refractivity (Wildman–Crippen MR) is 71.3 cm³/mol. The minimum absolute atomic E-state index is 0.232.